The molecule has 5 nitrogen and oxygen atoms in total. The fourth-order valence-electron chi connectivity index (χ4n) is 2.62. The van der Waals surface area contributed by atoms with Crippen LogP contribution in [0.2, 0.25) is 0 Å². The molecule has 3 heterocycles. The maximum Gasteiger partial charge on any atom is 0.433 e. The Labute approximate surface area is 133 Å². The smallest absolute Gasteiger partial charge is 0.354 e. The van der Waals surface area contributed by atoms with E-state index in [1.165, 1.54) is 38.2 Å². The Balaban J connectivity index is 2.27. The molecule has 0 atom stereocenters. The molecule has 0 saturated heterocycles. The topological polar surface area (TPSA) is 78.6 Å². The van der Waals surface area contributed by atoms with Gasteiger partial charge in [-0.15, -0.1) is 0 Å². The zero-order chi connectivity index (χ0) is 17.6. The highest BCUT2D eigenvalue weighted by Gasteiger charge is 2.35. The molecule has 2 N–H and O–H groups in total. The molecule has 0 aliphatic heterocycles. The molecule has 0 saturated carbocycles. The Bertz CT molecular complexity index is 1060. The summed E-state index contributed by atoms with van der Waals surface area (Å²) in [4.78, 5) is 32.8. The minimum atomic E-state index is -4.54. The molecule has 0 radical (unpaired) electrons. The number of hydrogen-bond acceptors (Lipinski definition) is 3. The fourth-order valence-corrected chi connectivity index (χ4v) is 2.62. The maximum absolute atomic E-state index is 12.9. The van der Waals surface area contributed by atoms with Gasteiger partial charge in [-0.25, -0.2) is 4.98 Å². The van der Waals surface area contributed by atoms with Gasteiger partial charge in [0, 0.05) is 23.5 Å². The molecule has 3 aromatic heterocycles. The number of nitrogens with one attached hydrogen (secondary N) is 2. The number of nitrogens with zero attached hydrogens (tertiary/aromatic N) is 1. The molecule has 8 heteroatoms. The van der Waals surface area contributed by atoms with Gasteiger partial charge < -0.3 is 9.97 Å². The monoisotopic (exact) mass is 335 g/mol. The SMILES string of the molecule is Cc1cc(-c2cc(=O)c3c(=O)[nH]ccc3[nH]2)c(C)nc1C(F)(F)F. The van der Waals surface area contributed by atoms with Gasteiger partial charge in [0.05, 0.1) is 11.2 Å². The van der Waals surface area contributed by atoms with E-state index < -0.39 is 22.9 Å². The third-order valence-corrected chi connectivity index (χ3v) is 3.71. The second-order valence-corrected chi connectivity index (χ2v) is 5.43. The van der Waals surface area contributed by atoms with Gasteiger partial charge in [-0.1, -0.05) is 0 Å². The van der Waals surface area contributed by atoms with E-state index in [2.05, 4.69) is 15.0 Å². The van der Waals surface area contributed by atoms with Crippen LogP contribution in [0.25, 0.3) is 22.2 Å². The number of aryl methyl sites for hydroxylation is 2. The van der Waals surface area contributed by atoms with E-state index in [4.69, 9.17) is 0 Å². The minimum absolute atomic E-state index is 0.0319. The molecule has 0 aliphatic rings. The van der Waals surface area contributed by atoms with Gasteiger partial charge in [0.2, 0.25) is 0 Å². The lowest BCUT2D eigenvalue weighted by Crippen LogP contribution is -2.16. The summed E-state index contributed by atoms with van der Waals surface area (Å²) in [6.45, 7) is 2.74. The van der Waals surface area contributed by atoms with E-state index in [0.717, 1.165) is 0 Å². The summed E-state index contributed by atoms with van der Waals surface area (Å²) in [6.07, 6.45) is -3.16. The summed E-state index contributed by atoms with van der Waals surface area (Å²) >= 11 is 0. The van der Waals surface area contributed by atoms with Crippen LogP contribution in [0.5, 0.6) is 0 Å². The van der Waals surface area contributed by atoms with Crippen molar-refractivity contribution in [3.8, 4) is 11.3 Å². The first-order valence-electron chi connectivity index (χ1n) is 6.99. The van der Waals surface area contributed by atoms with Crippen molar-refractivity contribution in [3.63, 3.8) is 0 Å². The quantitative estimate of drug-likeness (QED) is 0.718. The Morgan fingerprint density at radius 2 is 1.83 bits per heavy atom. The molecule has 0 bridgehead atoms. The van der Waals surface area contributed by atoms with Crippen LogP contribution >= 0.6 is 0 Å². The van der Waals surface area contributed by atoms with Crippen molar-refractivity contribution < 1.29 is 13.2 Å². The van der Waals surface area contributed by atoms with Crippen molar-refractivity contribution in [2.45, 2.75) is 20.0 Å². The summed E-state index contributed by atoms with van der Waals surface area (Å²) in [5.74, 6) is 0. The number of aromatic nitrogens is 3. The van der Waals surface area contributed by atoms with E-state index in [1.54, 1.807) is 0 Å². The number of rotatable bonds is 1. The molecule has 0 aromatic carbocycles. The normalized spacial score (nSPS) is 11.9. The Morgan fingerprint density at radius 1 is 1.12 bits per heavy atom. The van der Waals surface area contributed by atoms with Crippen molar-refractivity contribution >= 4 is 10.9 Å². The number of hydrogen-bond donors (Lipinski definition) is 2. The van der Waals surface area contributed by atoms with Gasteiger partial charge in [-0.05, 0) is 31.5 Å². The van der Waals surface area contributed by atoms with Crippen LogP contribution in [-0.2, 0) is 6.18 Å². The molecule has 124 valence electrons. The second-order valence-electron chi connectivity index (χ2n) is 5.43. The second kappa shape index (κ2) is 5.33. The molecule has 0 aliphatic carbocycles. The van der Waals surface area contributed by atoms with Crippen LogP contribution in [0.1, 0.15) is 17.0 Å². The average molecular weight is 335 g/mol. The molecule has 0 amide bonds. The first-order chi connectivity index (χ1) is 11.2. The minimum Gasteiger partial charge on any atom is -0.354 e. The van der Waals surface area contributed by atoms with Crippen LogP contribution < -0.4 is 11.0 Å². The zero-order valence-corrected chi connectivity index (χ0v) is 12.7. The van der Waals surface area contributed by atoms with Crippen molar-refractivity contribution in [1.29, 1.82) is 0 Å². The van der Waals surface area contributed by atoms with E-state index >= 15 is 0 Å². The predicted octanol–water partition coefficient (Wildman–Crippen LogP) is 2.91. The lowest BCUT2D eigenvalue weighted by Gasteiger charge is -2.13. The number of fused-ring (bicyclic) bond motifs is 1. The molecular weight excluding hydrogens is 323 g/mol. The van der Waals surface area contributed by atoms with Gasteiger partial charge in [-0.2, -0.15) is 13.2 Å². The largest absolute Gasteiger partial charge is 0.433 e. The lowest BCUT2D eigenvalue weighted by atomic mass is 10.0. The Kier molecular flexibility index (Phi) is 3.55. The van der Waals surface area contributed by atoms with Gasteiger partial charge in [-0.3, -0.25) is 9.59 Å². The molecule has 24 heavy (non-hydrogen) atoms. The van der Waals surface area contributed by atoms with Crippen LogP contribution in [0.4, 0.5) is 13.2 Å². The summed E-state index contributed by atoms with van der Waals surface area (Å²) in [7, 11) is 0. The van der Waals surface area contributed by atoms with Crippen LogP contribution in [0.15, 0.2) is 34.0 Å². The summed E-state index contributed by atoms with van der Waals surface area (Å²) in [6, 6.07) is 4.03. The first-order valence-corrected chi connectivity index (χ1v) is 6.99. The summed E-state index contributed by atoms with van der Waals surface area (Å²) in [5.41, 5.74) is -0.930. The zero-order valence-electron chi connectivity index (χ0n) is 12.7. The number of H-pyrrole nitrogens is 2. The number of halogens is 3. The number of alkyl halides is 3. The Morgan fingerprint density at radius 3 is 2.50 bits per heavy atom. The molecule has 3 rings (SSSR count). The van der Waals surface area contributed by atoms with Crippen molar-refractivity contribution in [2.75, 3.05) is 0 Å². The van der Waals surface area contributed by atoms with E-state index in [-0.39, 0.29) is 16.6 Å². The van der Waals surface area contributed by atoms with E-state index in [9.17, 15) is 22.8 Å². The van der Waals surface area contributed by atoms with Gasteiger partial charge in [0.25, 0.3) is 5.56 Å². The lowest BCUT2D eigenvalue weighted by molar-refractivity contribution is -0.141. The van der Waals surface area contributed by atoms with E-state index in [0.29, 0.717) is 16.8 Å². The maximum atomic E-state index is 12.9. The molecular formula is C16H12F3N3O2. The number of pyridine rings is 3. The molecule has 0 unspecified atom stereocenters. The van der Waals surface area contributed by atoms with Crippen molar-refractivity contribution in [3.05, 3.63) is 61.9 Å². The van der Waals surface area contributed by atoms with E-state index in [1.807, 2.05) is 0 Å². The third kappa shape index (κ3) is 2.60. The summed E-state index contributed by atoms with van der Waals surface area (Å²) < 4.78 is 38.8. The van der Waals surface area contributed by atoms with Crippen LogP contribution in [0, 0.1) is 13.8 Å². The van der Waals surface area contributed by atoms with Crippen LogP contribution in [0.3, 0.4) is 0 Å². The highest BCUT2D eigenvalue weighted by Crippen LogP contribution is 2.33. The van der Waals surface area contributed by atoms with Gasteiger partial charge in [0.1, 0.15) is 11.1 Å². The Hall–Kier alpha value is -2.90. The predicted molar refractivity (Wildman–Crippen MR) is 82.9 cm³/mol. The average Bonchev–Trinajstić information content (AvgIpc) is 2.47. The highest BCUT2D eigenvalue weighted by atomic mass is 19.4. The number of aromatic amines is 2. The summed E-state index contributed by atoms with van der Waals surface area (Å²) in [5, 5.41) is -0.0319. The first kappa shape index (κ1) is 16.0. The molecule has 0 spiro atoms. The third-order valence-electron chi connectivity index (χ3n) is 3.71. The highest BCUT2D eigenvalue weighted by molar-refractivity contribution is 5.80. The van der Waals surface area contributed by atoms with Crippen molar-refractivity contribution in [1.82, 2.24) is 15.0 Å². The van der Waals surface area contributed by atoms with Crippen LogP contribution in [-0.4, -0.2) is 15.0 Å². The molecule has 3 aromatic rings. The fraction of sp³-hybridized carbons (Fsp3) is 0.188. The van der Waals surface area contributed by atoms with Gasteiger partial charge in [0.15, 0.2) is 5.43 Å². The standard InChI is InChI=1S/C16H12F3N3O2/c1-7-5-9(8(2)21-14(7)16(17,18)19)11-6-12(23)13-10(22-11)3-4-20-15(13)24/h3-6H,1-2H3,(H,20,24)(H,22,23). The molecule has 0 fully saturated rings. The van der Waals surface area contributed by atoms with Gasteiger partial charge >= 0.3 is 6.18 Å². The van der Waals surface area contributed by atoms with Crippen molar-refractivity contribution in [2.24, 2.45) is 0 Å².